The maximum atomic E-state index is 11.6. The zero-order valence-electron chi connectivity index (χ0n) is 8.04. The van der Waals surface area contributed by atoms with Crippen molar-refractivity contribution in [3.8, 4) is 0 Å². The Bertz CT molecular complexity index is 407. The Kier molecular flexibility index (Phi) is 5.06. The van der Waals surface area contributed by atoms with E-state index in [0.717, 1.165) is 0 Å². The summed E-state index contributed by atoms with van der Waals surface area (Å²) in [6.45, 7) is -0.158. The van der Waals surface area contributed by atoms with E-state index < -0.39 is 10.7 Å². The number of benzene rings is 1. The van der Waals surface area contributed by atoms with Crippen molar-refractivity contribution in [1.82, 2.24) is 5.32 Å². The molecule has 0 aromatic heterocycles. The van der Waals surface area contributed by atoms with Crippen LogP contribution in [0.25, 0.3) is 0 Å². The fourth-order valence-electron chi connectivity index (χ4n) is 1.01. The maximum Gasteiger partial charge on any atom is 0.253 e. The summed E-state index contributed by atoms with van der Waals surface area (Å²) >= 11 is 16.3. The zero-order valence-corrected chi connectivity index (χ0v) is 10.3. The third-order valence-electron chi connectivity index (χ3n) is 1.77. The fraction of sp³-hybridized carbons (Fsp3) is 0.200. The van der Waals surface area contributed by atoms with E-state index in [2.05, 4.69) is 5.32 Å². The average Bonchev–Trinajstić information content (AvgIpc) is 2.25. The number of amides is 1. The molecule has 0 spiro atoms. The molecular formula is C10H8Cl3NO2. The highest BCUT2D eigenvalue weighted by Gasteiger charge is 2.13. The monoisotopic (exact) mass is 279 g/mol. The van der Waals surface area contributed by atoms with E-state index in [0.29, 0.717) is 10.6 Å². The predicted octanol–water partition coefficient (Wildman–Crippen LogP) is 2.44. The van der Waals surface area contributed by atoms with Crippen molar-refractivity contribution in [3.05, 3.63) is 34.9 Å². The van der Waals surface area contributed by atoms with E-state index in [1.54, 1.807) is 18.2 Å². The molecule has 1 aromatic rings. The first-order valence-corrected chi connectivity index (χ1v) is 5.60. The second-order valence-electron chi connectivity index (χ2n) is 2.95. The lowest BCUT2D eigenvalue weighted by Gasteiger charge is -2.04. The van der Waals surface area contributed by atoms with Crippen molar-refractivity contribution < 1.29 is 9.59 Å². The second kappa shape index (κ2) is 6.09. The van der Waals surface area contributed by atoms with Crippen LogP contribution in [0.2, 0.25) is 5.02 Å². The Labute approximate surface area is 108 Å². The van der Waals surface area contributed by atoms with Gasteiger partial charge in [0.05, 0.1) is 6.54 Å². The van der Waals surface area contributed by atoms with Crippen LogP contribution >= 0.6 is 34.8 Å². The molecule has 6 heteroatoms. The van der Waals surface area contributed by atoms with Crippen molar-refractivity contribution in [2.24, 2.45) is 0 Å². The molecule has 0 fully saturated rings. The number of ketones is 1. The van der Waals surface area contributed by atoms with Gasteiger partial charge in [0, 0.05) is 10.6 Å². The first-order valence-electron chi connectivity index (χ1n) is 4.35. The van der Waals surface area contributed by atoms with E-state index >= 15 is 0 Å². The SMILES string of the molecule is O=C(CNC(=O)C(Cl)Cl)c1cccc(Cl)c1. The van der Waals surface area contributed by atoms with Crippen LogP contribution in [0.3, 0.4) is 0 Å². The summed E-state index contributed by atoms with van der Waals surface area (Å²) in [6, 6.07) is 6.45. The number of rotatable bonds is 4. The van der Waals surface area contributed by atoms with Crippen LogP contribution in [0.15, 0.2) is 24.3 Å². The van der Waals surface area contributed by atoms with Gasteiger partial charge in [-0.3, -0.25) is 9.59 Å². The zero-order chi connectivity index (χ0) is 12.1. The van der Waals surface area contributed by atoms with Gasteiger partial charge in [-0.05, 0) is 12.1 Å². The molecule has 0 aliphatic rings. The number of hydrogen-bond acceptors (Lipinski definition) is 2. The number of Topliss-reactive ketones (excluding diaryl/α,β-unsaturated/α-hetero) is 1. The molecule has 86 valence electrons. The van der Waals surface area contributed by atoms with Crippen LogP contribution in [-0.4, -0.2) is 23.1 Å². The van der Waals surface area contributed by atoms with E-state index in [-0.39, 0.29) is 12.3 Å². The molecule has 3 nitrogen and oxygen atoms in total. The number of nitrogens with one attached hydrogen (secondary N) is 1. The first kappa shape index (κ1) is 13.3. The Balaban J connectivity index is 2.57. The number of carbonyl (C=O) groups excluding carboxylic acids is 2. The Morgan fingerprint density at radius 3 is 2.56 bits per heavy atom. The van der Waals surface area contributed by atoms with Gasteiger partial charge in [-0.2, -0.15) is 0 Å². The number of hydrogen-bond donors (Lipinski definition) is 1. The summed E-state index contributed by atoms with van der Waals surface area (Å²) in [4.78, 5) is 21.4. The molecule has 0 aliphatic heterocycles. The van der Waals surface area contributed by atoms with Gasteiger partial charge in [0.25, 0.3) is 5.91 Å². The predicted molar refractivity (Wildman–Crippen MR) is 64.3 cm³/mol. The van der Waals surface area contributed by atoms with Crippen molar-refractivity contribution in [2.45, 2.75) is 4.84 Å². The van der Waals surface area contributed by atoms with Gasteiger partial charge < -0.3 is 5.32 Å². The van der Waals surface area contributed by atoms with Gasteiger partial charge in [0.1, 0.15) is 0 Å². The molecule has 1 rings (SSSR count). The lowest BCUT2D eigenvalue weighted by atomic mass is 10.1. The first-order chi connectivity index (χ1) is 7.50. The highest BCUT2D eigenvalue weighted by molar-refractivity contribution is 6.53. The molecule has 0 bridgehead atoms. The molecule has 1 aromatic carbocycles. The third kappa shape index (κ3) is 4.00. The van der Waals surface area contributed by atoms with E-state index in [9.17, 15) is 9.59 Å². The molecule has 0 aliphatic carbocycles. The van der Waals surface area contributed by atoms with Crippen molar-refractivity contribution >= 4 is 46.5 Å². The summed E-state index contributed by atoms with van der Waals surface area (Å²) in [5.41, 5.74) is 0.425. The van der Waals surface area contributed by atoms with Gasteiger partial charge in [-0.1, -0.05) is 46.9 Å². The maximum absolute atomic E-state index is 11.6. The normalized spacial score (nSPS) is 10.2. The number of alkyl halides is 2. The van der Waals surface area contributed by atoms with Gasteiger partial charge in [0.15, 0.2) is 10.6 Å². The molecule has 1 N–H and O–H groups in total. The summed E-state index contributed by atoms with van der Waals surface area (Å²) < 4.78 is 0. The summed E-state index contributed by atoms with van der Waals surface area (Å²) in [5, 5.41) is 2.77. The highest BCUT2D eigenvalue weighted by atomic mass is 35.5. The van der Waals surface area contributed by atoms with Gasteiger partial charge in [-0.15, -0.1) is 0 Å². The van der Waals surface area contributed by atoms with E-state index in [1.165, 1.54) is 6.07 Å². The molecule has 0 saturated heterocycles. The molecule has 0 atom stereocenters. The molecular weight excluding hydrogens is 272 g/mol. The summed E-state index contributed by atoms with van der Waals surface area (Å²) in [6.07, 6.45) is 0. The van der Waals surface area contributed by atoms with Crippen molar-refractivity contribution in [1.29, 1.82) is 0 Å². The van der Waals surface area contributed by atoms with Crippen LogP contribution in [0.1, 0.15) is 10.4 Å². The summed E-state index contributed by atoms with van der Waals surface area (Å²) in [7, 11) is 0. The summed E-state index contributed by atoms with van der Waals surface area (Å²) in [5.74, 6) is -0.858. The molecule has 16 heavy (non-hydrogen) atoms. The lowest BCUT2D eigenvalue weighted by molar-refractivity contribution is -0.119. The van der Waals surface area contributed by atoms with Crippen molar-refractivity contribution in [2.75, 3.05) is 6.54 Å². The topological polar surface area (TPSA) is 46.2 Å². The Morgan fingerprint density at radius 2 is 2.00 bits per heavy atom. The fourth-order valence-corrected chi connectivity index (χ4v) is 1.35. The minimum atomic E-state index is -1.17. The molecule has 0 saturated carbocycles. The third-order valence-corrected chi connectivity index (χ3v) is 2.40. The van der Waals surface area contributed by atoms with Crippen molar-refractivity contribution in [3.63, 3.8) is 0 Å². The Hall–Kier alpha value is -0.770. The molecule has 0 unspecified atom stereocenters. The van der Waals surface area contributed by atoms with Gasteiger partial charge in [-0.25, -0.2) is 0 Å². The largest absolute Gasteiger partial charge is 0.346 e. The number of halogens is 3. The number of carbonyl (C=O) groups is 2. The Morgan fingerprint density at radius 1 is 1.31 bits per heavy atom. The average molecular weight is 281 g/mol. The van der Waals surface area contributed by atoms with Crippen LogP contribution in [0, 0.1) is 0 Å². The standard InChI is InChI=1S/C10H8Cl3NO2/c11-7-3-1-2-6(4-7)8(15)5-14-10(16)9(12)13/h1-4,9H,5H2,(H,14,16). The van der Waals surface area contributed by atoms with E-state index in [1.807, 2.05) is 0 Å². The second-order valence-corrected chi connectivity index (χ2v) is 4.48. The van der Waals surface area contributed by atoms with Crippen LogP contribution in [0.4, 0.5) is 0 Å². The lowest BCUT2D eigenvalue weighted by Crippen LogP contribution is -2.33. The van der Waals surface area contributed by atoms with Crippen LogP contribution in [-0.2, 0) is 4.79 Å². The molecule has 1 amide bonds. The van der Waals surface area contributed by atoms with E-state index in [4.69, 9.17) is 34.8 Å². The van der Waals surface area contributed by atoms with Gasteiger partial charge in [0.2, 0.25) is 0 Å². The van der Waals surface area contributed by atoms with Crippen LogP contribution < -0.4 is 5.32 Å². The minimum Gasteiger partial charge on any atom is -0.346 e. The minimum absolute atomic E-state index is 0.158. The van der Waals surface area contributed by atoms with Crippen LogP contribution in [0.5, 0.6) is 0 Å². The highest BCUT2D eigenvalue weighted by Crippen LogP contribution is 2.11. The molecule has 0 heterocycles. The smallest absolute Gasteiger partial charge is 0.253 e. The van der Waals surface area contributed by atoms with Gasteiger partial charge >= 0.3 is 0 Å². The molecule has 0 radical (unpaired) electrons. The quantitative estimate of drug-likeness (QED) is 0.680.